The lowest BCUT2D eigenvalue weighted by atomic mass is 10.0. The third kappa shape index (κ3) is 2.45. The van der Waals surface area contributed by atoms with Gasteiger partial charge in [0.1, 0.15) is 6.67 Å². The predicted molar refractivity (Wildman–Crippen MR) is 104 cm³/mol. The van der Waals surface area contributed by atoms with Crippen LogP contribution in [0.3, 0.4) is 0 Å². The lowest BCUT2D eigenvalue weighted by Gasteiger charge is -2.30. The molecule has 0 saturated carbocycles. The quantitative estimate of drug-likeness (QED) is 0.648. The van der Waals surface area contributed by atoms with Crippen molar-refractivity contribution in [1.82, 2.24) is 4.90 Å². The van der Waals surface area contributed by atoms with E-state index in [4.69, 9.17) is 0 Å². The minimum absolute atomic E-state index is 0.209. The van der Waals surface area contributed by atoms with Crippen molar-refractivity contribution in [3.05, 3.63) is 95.1 Å². The number of imide groups is 1. The van der Waals surface area contributed by atoms with Crippen molar-refractivity contribution in [1.29, 1.82) is 0 Å². The topological polar surface area (TPSA) is 40.6 Å². The molecule has 2 amide bonds. The number of para-hydroxylation sites is 2. The number of benzene rings is 3. The van der Waals surface area contributed by atoms with Crippen molar-refractivity contribution < 1.29 is 9.59 Å². The second-order valence-corrected chi connectivity index (χ2v) is 6.91. The summed E-state index contributed by atoms with van der Waals surface area (Å²) in [5.41, 5.74) is 5.53. The highest BCUT2D eigenvalue weighted by molar-refractivity contribution is 6.21. The maximum absolute atomic E-state index is 12.9. The van der Waals surface area contributed by atoms with Crippen molar-refractivity contribution in [2.75, 3.05) is 11.6 Å². The molecule has 2 aliphatic heterocycles. The molecular weight excluding hydrogens is 336 g/mol. The Balaban J connectivity index is 1.60. The van der Waals surface area contributed by atoms with E-state index in [0.717, 1.165) is 24.2 Å². The van der Waals surface area contributed by atoms with Crippen LogP contribution < -0.4 is 4.90 Å². The van der Waals surface area contributed by atoms with E-state index in [1.54, 1.807) is 24.3 Å². The average Bonchev–Trinajstić information content (AvgIpc) is 2.86. The summed E-state index contributed by atoms with van der Waals surface area (Å²) in [7, 11) is 0. The number of rotatable bonds is 2. The molecule has 0 spiro atoms. The molecule has 2 heterocycles. The first kappa shape index (κ1) is 15.8. The highest BCUT2D eigenvalue weighted by Gasteiger charge is 2.37. The first-order chi connectivity index (χ1) is 13.2. The number of hydrogen-bond acceptors (Lipinski definition) is 3. The highest BCUT2D eigenvalue weighted by atomic mass is 16.2. The van der Waals surface area contributed by atoms with Gasteiger partial charge in [-0.1, -0.05) is 48.5 Å². The average molecular weight is 354 g/mol. The summed E-state index contributed by atoms with van der Waals surface area (Å²) in [5, 5.41) is 0. The molecule has 4 nitrogen and oxygen atoms in total. The fraction of sp³-hybridized carbons (Fsp3) is 0.130. The Hall–Kier alpha value is -3.40. The van der Waals surface area contributed by atoms with E-state index in [-0.39, 0.29) is 18.5 Å². The number of carbonyl (C=O) groups is 2. The predicted octanol–water partition coefficient (Wildman–Crippen LogP) is 4.18. The molecule has 3 aromatic rings. The number of carbonyl (C=O) groups excluding carboxylic acids is 2. The Kier molecular flexibility index (Phi) is 3.57. The molecule has 0 aliphatic carbocycles. The van der Waals surface area contributed by atoms with E-state index in [1.807, 2.05) is 24.3 Å². The number of aryl methyl sites for hydroxylation is 2. The Labute approximate surface area is 157 Å². The number of nitrogens with zero attached hydrogens (tertiary/aromatic N) is 2. The molecule has 27 heavy (non-hydrogen) atoms. The summed E-state index contributed by atoms with van der Waals surface area (Å²) in [6.07, 6.45) is 1.87. The third-order valence-electron chi connectivity index (χ3n) is 5.39. The maximum atomic E-state index is 12.9. The number of hydrogen-bond donors (Lipinski definition) is 0. The number of fused-ring (bicyclic) bond motifs is 3. The van der Waals surface area contributed by atoms with E-state index in [9.17, 15) is 9.59 Å². The fourth-order valence-electron chi connectivity index (χ4n) is 4.03. The molecule has 5 rings (SSSR count). The lowest BCUT2D eigenvalue weighted by Crippen LogP contribution is -2.39. The van der Waals surface area contributed by atoms with Crippen LogP contribution in [0.1, 0.15) is 31.8 Å². The molecule has 132 valence electrons. The van der Waals surface area contributed by atoms with Crippen molar-refractivity contribution >= 4 is 23.2 Å². The van der Waals surface area contributed by atoms with Gasteiger partial charge in [-0.15, -0.1) is 0 Å². The third-order valence-corrected chi connectivity index (χ3v) is 5.39. The molecule has 0 radical (unpaired) electrons. The molecule has 0 N–H and O–H groups in total. The van der Waals surface area contributed by atoms with Crippen LogP contribution in [0.4, 0.5) is 11.4 Å². The van der Waals surface area contributed by atoms with Crippen LogP contribution in [0.15, 0.2) is 72.8 Å². The molecule has 0 bridgehead atoms. The minimum Gasteiger partial charge on any atom is -0.322 e. The summed E-state index contributed by atoms with van der Waals surface area (Å²) in [6.45, 7) is 0.209. The van der Waals surface area contributed by atoms with E-state index in [1.165, 1.54) is 16.0 Å². The van der Waals surface area contributed by atoms with Gasteiger partial charge in [-0.25, -0.2) is 0 Å². The van der Waals surface area contributed by atoms with E-state index < -0.39 is 0 Å². The first-order valence-corrected chi connectivity index (χ1v) is 9.12. The van der Waals surface area contributed by atoms with Crippen molar-refractivity contribution in [3.63, 3.8) is 0 Å². The Morgan fingerprint density at radius 1 is 0.593 bits per heavy atom. The second kappa shape index (κ2) is 6.09. The van der Waals surface area contributed by atoms with Crippen molar-refractivity contribution in [2.45, 2.75) is 12.8 Å². The van der Waals surface area contributed by atoms with Gasteiger partial charge in [-0.05, 0) is 48.2 Å². The minimum atomic E-state index is -0.227. The normalized spacial score (nSPS) is 15.3. The molecule has 0 aromatic heterocycles. The summed E-state index contributed by atoms with van der Waals surface area (Å²) in [6, 6.07) is 23.5. The molecule has 0 unspecified atom stereocenters. The maximum Gasteiger partial charge on any atom is 0.263 e. The fourth-order valence-corrected chi connectivity index (χ4v) is 4.03. The highest BCUT2D eigenvalue weighted by Crippen LogP contribution is 2.37. The lowest BCUT2D eigenvalue weighted by molar-refractivity contribution is 0.0658. The monoisotopic (exact) mass is 354 g/mol. The van der Waals surface area contributed by atoms with Crippen LogP contribution >= 0.6 is 0 Å². The summed E-state index contributed by atoms with van der Waals surface area (Å²) in [4.78, 5) is 29.2. The van der Waals surface area contributed by atoms with Crippen molar-refractivity contribution in [3.8, 4) is 0 Å². The van der Waals surface area contributed by atoms with Gasteiger partial charge in [0.15, 0.2) is 0 Å². The standard InChI is InChI=1S/C23H18N2O2/c26-22-18-9-3-4-10-19(18)23(27)25(22)15-24-20-11-5-1-7-16(20)13-14-17-8-2-6-12-21(17)24/h1-12H,13-15H2. The number of anilines is 2. The van der Waals surface area contributed by atoms with E-state index in [2.05, 4.69) is 29.2 Å². The van der Waals surface area contributed by atoms with E-state index >= 15 is 0 Å². The van der Waals surface area contributed by atoms with Crippen LogP contribution in [0, 0.1) is 0 Å². The van der Waals surface area contributed by atoms with Gasteiger partial charge in [-0.2, -0.15) is 0 Å². The molecular formula is C23H18N2O2. The van der Waals surface area contributed by atoms with Gasteiger partial charge in [0.05, 0.1) is 11.1 Å². The van der Waals surface area contributed by atoms with Crippen LogP contribution in [0.25, 0.3) is 0 Å². The molecule has 4 heteroatoms. The SMILES string of the molecule is O=C1c2ccccc2C(=O)N1CN1c2ccccc2CCc2ccccc21. The first-order valence-electron chi connectivity index (χ1n) is 9.12. The zero-order valence-electron chi connectivity index (χ0n) is 14.8. The second-order valence-electron chi connectivity index (χ2n) is 6.91. The van der Waals surface area contributed by atoms with Gasteiger partial charge in [0.2, 0.25) is 0 Å². The van der Waals surface area contributed by atoms with Gasteiger partial charge in [0, 0.05) is 11.4 Å². The summed E-state index contributed by atoms with van der Waals surface area (Å²) in [5.74, 6) is -0.454. The largest absolute Gasteiger partial charge is 0.322 e. The Morgan fingerprint density at radius 3 is 1.56 bits per heavy atom. The molecule has 0 fully saturated rings. The smallest absolute Gasteiger partial charge is 0.263 e. The molecule has 2 aliphatic rings. The van der Waals surface area contributed by atoms with Gasteiger partial charge < -0.3 is 4.90 Å². The van der Waals surface area contributed by atoms with Crippen molar-refractivity contribution in [2.24, 2.45) is 0 Å². The molecule has 0 saturated heterocycles. The molecule has 0 atom stereocenters. The number of amides is 2. The van der Waals surface area contributed by atoms with E-state index in [0.29, 0.717) is 11.1 Å². The summed E-state index contributed by atoms with van der Waals surface area (Å²) >= 11 is 0. The Bertz CT molecular complexity index is 991. The van der Waals surface area contributed by atoms with Gasteiger partial charge in [-0.3, -0.25) is 14.5 Å². The zero-order valence-corrected chi connectivity index (χ0v) is 14.8. The van der Waals surface area contributed by atoms with Crippen LogP contribution in [-0.2, 0) is 12.8 Å². The van der Waals surface area contributed by atoms with Crippen LogP contribution in [0.5, 0.6) is 0 Å². The van der Waals surface area contributed by atoms with Crippen LogP contribution in [0.2, 0.25) is 0 Å². The van der Waals surface area contributed by atoms with Gasteiger partial charge in [0.25, 0.3) is 11.8 Å². The summed E-state index contributed by atoms with van der Waals surface area (Å²) < 4.78 is 0. The Morgan fingerprint density at radius 2 is 1.04 bits per heavy atom. The molecule has 3 aromatic carbocycles. The van der Waals surface area contributed by atoms with Crippen LogP contribution in [-0.4, -0.2) is 23.4 Å². The van der Waals surface area contributed by atoms with Gasteiger partial charge >= 0.3 is 0 Å². The zero-order chi connectivity index (χ0) is 18.4.